The molecule has 1 fully saturated rings. The summed E-state index contributed by atoms with van der Waals surface area (Å²) in [6.45, 7) is 0.416. The number of aromatic nitrogens is 1. The molecular weight excluding hydrogens is 333 g/mol. The third-order valence-corrected chi connectivity index (χ3v) is 4.69. The van der Waals surface area contributed by atoms with Gasteiger partial charge in [0.15, 0.2) is 0 Å². The minimum Gasteiger partial charge on any atom is -0.444 e. The van der Waals surface area contributed by atoms with Crippen molar-refractivity contribution in [3.63, 3.8) is 0 Å². The Morgan fingerprint density at radius 2 is 1.96 bits per heavy atom. The lowest BCUT2D eigenvalue weighted by atomic mass is 9.91. The van der Waals surface area contributed by atoms with E-state index < -0.39 is 11.7 Å². The average Bonchev–Trinajstić information content (AvgIpc) is 3.03. The molecule has 0 amide bonds. The maximum atomic E-state index is 13.1. The summed E-state index contributed by atoms with van der Waals surface area (Å²) in [6, 6.07) is 5.28. The number of nitrogens with zero attached hydrogens (tertiary/aromatic N) is 2. The van der Waals surface area contributed by atoms with Crippen LogP contribution in [0.5, 0.6) is 0 Å². The molecule has 1 heterocycles. The van der Waals surface area contributed by atoms with Crippen molar-refractivity contribution in [1.82, 2.24) is 9.88 Å². The summed E-state index contributed by atoms with van der Waals surface area (Å²) in [5, 5.41) is 10.1. The normalized spacial score (nSPS) is 21.7. The van der Waals surface area contributed by atoms with Crippen LogP contribution in [0.2, 0.25) is 0 Å². The number of aliphatic hydroxyl groups is 1. The molecule has 136 valence electrons. The molecule has 0 spiro atoms. The van der Waals surface area contributed by atoms with E-state index in [4.69, 9.17) is 4.42 Å². The van der Waals surface area contributed by atoms with Gasteiger partial charge in [-0.1, -0.05) is 25.0 Å². The van der Waals surface area contributed by atoms with Gasteiger partial charge >= 0.3 is 6.18 Å². The molecule has 1 aromatic carbocycles. The number of alkyl halides is 3. The van der Waals surface area contributed by atoms with E-state index in [0.717, 1.165) is 31.7 Å². The SMILES string of the molecule is CN(Cc1coc(-c2ccccc2C(F)(F)F)n1)[C@@H]1CCCC[C@H]1O. The Labute approximate surface area is 144 Å². The van der Waals surface area contributed by atoms with Crippen LogP contribution in [0.4, 0.5) is 13.2 Å². The van der Waals surface area contributed by atoms with E-state index in [2.05, 4.69) is 4.98 Å². The van der Waals surface area contributed by atoms with Gasteiger partial charge in [-0.25, -0.2) is 4.98 Å². The van der Waals surface area contributed by atoms with Crippen LogP contribution in [-0.2, 0) is 12.7 Å². The van der Waals surface area contributed by atoms with Crippen molar-refractivity contribution in [2.45, 2.75) is 50.6 Å². The first-order valence-corrected chi connectivity index (χ1v) is 8.35. The molecule has 25 heavy (non-hydrogen) atoms. The molecule has 0 aliphatic heterocycles. The Hall–Kier alpha value is -1.86. The predicted molar refractivity (Wildman–Crippen MR) is 86.7 cm³/mol. The largest absolute Gasteiger partial charge is 0.444 e. The van der Waals surface area contributed by atoms with Crippen LogP contribution in [0, 0.1) is 0 Å². The molecule has 0 radical (unpaired) electrons. The van der Waals surface area contributed by atoms with Gasteiger partial charge in [0, 0.05) is 18.2 Å². The Bertz CT molecular complexity index is 714. The van der Waals surface area contributed by atoms with Gasteiger partial charge in [0.2, 0.25) is 5.89 Å². The fourth-order valence-electron chi connectivity index (χ4n) is 3.40. The van der Waals surface area contributed by atoms with Gasteiger partial charge in [-0.15, -0.1) is 0 Å². The molecule has 0 unspecified atom stereocenters. The molecule has 1 aliphatic rings. The predicted octanol–water partition coefficient (Wildman–Crippen LogP) is 4.10. The van der Waals surface area contributed by atoms with E-state index in [1.165, 1.54) is 24.5 Å². The summed E-state index contributed by atoms with van der Waals surface area (Å²) in [4.78, 5) is 6.21. The second-order valence-electron chi connectivity index (χ2n) is 6.52. The first-order valence-electron chi connectivity index (χ1n) is 8.35. The number of rotatable bonds is 4. The van der Waals surface area contributed by atoms with E-state index in [9.17, 15) is 18.3 Å². The summed E-state index contributed by atoms with van der Waals surface area (Å²) in [7, 11) is 1.89. The molecule has 3 rings (SSSR count). The van der Waals surface area contributed by atoms with Crippen molar-refractivity contribution in [2.75, 3.05) is 7.05 Å². The molecule has 0 bridgehead atoms. The number of likely N-dealkylation sites (N-methyl/N-ethyl adjacent to an activating group) is 1. The number of benzene rings is 1. The van der Waals surface area contributed by atoms with E-state index >= 15 is 0 Å². The van der Waals surface area contributed by atoms with Crippen molar-refractivity contribution >= 4 is 0 Å². The molecule has 7 heteroatoms. The maximum absolute atomic E-state index is 13.1. The van der Waals surface area contributed by atoms with Gasteiger partial charge in [-0.05, 0) is 32.0 Å². The monoisotopic (exact) mass is 354 g/mol. The van der Waals surface area contributed by atoms with Crippen LogP contribution in [0.15, 0.2) is 34.9 Å². The fraction of sp³-hybridized carbons (Fsp3) is 0.500. The second-order valence-corrected chi connectivity index (χ2v) is 6.52. The highest BCUT2D eigenvalue weighted by Crippen LogP contribution is 2.36. The van der Waals surface area contributed by atoms with Crippen molar-refractivity contribution in [3.8, 4) is 11.5 Å². The zero-order chi connectivity index (χ0) is 18.0. The van der Waals surface area contributed by atoms with Crippen LogP contribution in [0.3, 0.4) is 0 Å². The Kier molecular flexibility index (Phi) is 5.15. The zero-order valence-corrected chi connectivity index (χ0v) is 14.0. The lowest BCUT2D eigenvalue weighted by Crippen LogP contribution is -2.42. The highest BCUT2D eigenvalue weighted by atomic mass is 19.4. The van der Waals surface area contributed by atoms with Crippen molar-refractivity contribution in [1.29, 1.82) is 0 Å². The summed E-state index contributed by atoms with van der Waals surface area (Å²) < 4.78 is 44.7. The van der Waals surface area contributed by atoms with Crippen LogP contribution < -0.4 is 0 Å². The maximum Gasteiger partial charge on any atom is 0.417 e. The zero-order valence-electron chi connectivity index (χ0n) is 14.0. The van der Waals surface area contributed by atoms with Gasteiger partial charge in [0.05, 0.1) is 17.4 Å². The van der Waals surface area contributed by atoms with Crippen molar-refractivity contribution in [2.24, 2.45) is 0 Å². The summed E-state index contributed by atoms with van der Waals surface area (Å²) in [5.41, 5.74) is -0.284. The smallest absolute Gasteiger partial charge is 0.417 e. The van der Waals surface area contributed by atoms with Gasteiger partial charge in [-0.2, -0.15) is 13.2 Å². The van der Waals surface area contributed by atoms with Crippen LogP contribution in [-0.4, -0.2) is 34.2 Å². The van der Waals surface area contributed by atoms with Crippen LogP contribution in [0.25, 0.3) is 11.5 Å². The fourth-order valence-corrected chi connectivity index (χ4v) is 3.40. The van der Waals surface area contributed by atoms with Gasteiger partial charge < -0.3 is 9.52 Å². The molecule has 1 aromatic heterocycles. The molecule has 1 N–H and O–H groups in total. The number of aliphatic hydroxyl groups excluding tert-OH is 1. The Morgan fingerprint density at radius 3 is 2.68 bits per heavy atom. The quantitative estimate of drug-likeness (QED) is 0.898. The van der Waals surface area contributed by atoms with Crippen LogP contribution in [0.1, 0.15) is 36.9 Å². The summed E-state index contributed by atoms with van der Waals surface area (Å²) in [5.74, 6) is -0.0412. The van der Waals surface area contributed by atoms with Crippen molar-refractivity contribution < 1.29 is 22.7 Å². The molecule has 0 saturated heterocycles. The van der Waals surface area contributed by atoms with Gasteiger partial charge in [0.25, 0.3) is 0 Å². The third-order valence-electron chi connectivity index (χ3n) is 4.69. The lowest BCUT2D eigenvalue weighted by Gasteiger charge is -2.34. The Balaban J connectivity index is 1.77. The first-order chi connectivity index (χ1) is 11.9. The van der Waals surface area contributed by atoms with E-state index in [1.54, 1.807) is 0 Å². The lowest BCUT2D eigenvalue weighted by molar-refractivity contribution is -0.137. The minimum atomic E-state index is -4.46. The van der Waals surface area contributed by atoms with Crippen LogP contribution >= 0.6 is 0 Å². The van der Waals surface area contributed by atoms with E-state index in [-0.39, 0.29) is 23.6 Å². The standard InChI is InChI=1S/C18H21F3N2O2/c1-23(15-8-4-5-9-16(15)24)10-12-11-25-17(22-12)13-6-2-3-7-14(13)18(19,20)21/h2-3,6-7,11,15-16,24H,4-5,8-10H2,1H3/t15-,16-/m1/s1. The average molecular weight is 354 g/mol. The van der Waals surface area contributed by atoms with E-state index in [1.807, 2.05) is 11.9 Å². The molecule has 1 saturated carbocycles. The highest BCUT2D eigenvalue weighted by Gasteiger charge is 2.34. The Morgan fingerprint density at radius 1 is 1.24 bits per heavy atom. The number of halogens is 3. The number of oxazole rings is 1. The molecular formula is C18H21F3N2O2. The summed E-state index contributed by atoms with van der Waals surface area (Å²) in [6.07, 6.45) is 0.305. The highest BCUT2D eigenvalue weighted by molar-refractivity contribution is 5.59. The first kappa shape index (κ1) is 17.9. The van der Waals surface area contributed by atoms with Gasteiger partial charge in [0.1, 0.15) is 6.26 Å². The summed E-state index contributed by atoms with van der Waals surface area (Å²) >= 11 is 0. The molecule has 2 atom stereocenters. The topological polar surface area (TPSA) is 49.5 Å². The molecule has 4 nitrogen and oxygen atoms in total. The number of hydrogen-bond donors (Lipinski definition) is 1. The van der Waals surface area contributed by atoms with E-state index in [0.29, 0.717) is 12.2 Å². The van der Waals surface area contributed by atoms with Crippen molar-refractivity contribution in [3.05, 3.63) is 41.8 Å². The second kappa shape index (κ2) is 7.17. The number of hydrogen-bond acceptors (Lipinski definition) is 4. The van der Waals surface area contributed by atoms with Gasteiger partial charge in [-0.3, -0.25) is 4.90 Å². The molecule has 2 aromatic rings. The third kappa shape index (κ3) is 4.04. The molecule has 1 aliphatic carbocycles. The minimum absolute atomic E-state index is 0.0383.